The molecule has 1 N–H and O–H groups in total. The minimum Gasteiger partial charge on any atom is -0.383 e. The Bertz CT molecular complexity index is 582. The SMILES string of the molecule is CN(C)/C=C/c1[nH]c(=O)n(C)c(=O)c1[N+](=O)[O-]. The summed E-state index contributed by atoms with van der Waals surface area (Å²) in [5, 5.41) is 10.8. The Morgan fingerprint density at radius 1 is 1.41 bits per heavy atom. The molecule has 0 unspecified atom stereocenters. The summed E-state index contributed by atoms with van der Waals surface area (Å²) >= 11 is 0. The van der Waals surface area contributed by atoms with E-state index in [9.17, 15) is 19.7 Å². The predicted octanol–water partition coefficient (Wildman–Crippen LogP) is -0.486. The maximum Gasteiger partial charge on any atom is 0.357 e. The van der Waals surface area contributed by atoms with Gasteiger partial charge >= 0.3 is 16.9 Å². The molecule has 0 radical (unpaired) electrons. The molecule has 1 aromatic rings. The predicted molar refractivity (Wildman–Crippen MR) is 61.7 cm³/mol. The number of rotatable bonds is 3. The Morgan fingerprint density at radius 3 is 2.47 bits per heavy atom. The van der Waals surface area contributed by atoms with Gasteiger partial charge in [0, 0.05) is 27.3 Å². The first kappa shape index (κ1) is 12.7. The smallest absolute Gasteiger partial charge is 0.357 e. The zero-order chi connectivity index (χ0) is 13.2. The van der Waals surface area contributed by atoms with E-state index in [0.717, 1.165) is 0 Å². The number of nitro groups is 1. The van der Waals surface area contributed by atoms with Crippen molar-refractivity contribution in [1.29, 1.82) is 0 Å². The van der Waals surface area contributed by atoms with Crippen LogP contribution in [-0.2, 0) is 7.05 Å². The monoisotopic (exact) mass is 240 g/mol. The molecule has 1 rings (SSSR count). The highest BCUT2D eigenvalue weighted by Crippen LogP contribution is 2.09. The van der Waals surface area contributed by atoms with Crippen molar-refractivity contribution in [2.45, 2.75) is 0 Å². The van der Waals surface area contributed by atoms with Gasteiger partial charge in [0.2, 0.25) is 0 Å². The van der Waals surface area contributed by atoms with Crippen LogP contribution >= 0.6 is 0 Å². The number of aromatic amines is 1. The van der Waals surface area contributed by atoms with Crippen LogP contribution in [0.1, 0.15) is 5.69 Å². The molecule has 0 saturated carbocycles. The molecule has 1 aromatic heterocycles. The van der Waals surface area contributed by atoms with Crippen molar-refractivity contribution in [1.82, 2.24) is 14.5 Å². The fraction of sp³-hybridized carbons (Fsp3) is 0.333. The van der Waals surface area contributed by atoms with Gasteiger partial charge in [0.25, 0.3) is 0 Å². The van der Waals surface area contributed by atoms with E-state index in [0.29, 0.717) is 4.57 Å². The van der Waals surface area contributed by atoms with Gasteiger partial charge in [-0.1, -0.05) is 0 Å². The van der Waals surface area contributed by atoms with Crippen LogP contribution < -0.4 is 11.2 Å². The van der Waals surface area contributed by atoms with Gasteiger partial charge in [0.1, 0.15) is 5.69 Å². The van der Waals surface area contributed by atoms with E-state index in [1.165, 1.54) is 19.3 Å². The summed E-state index contributed by atoms with van der Waals surface area (Å²) in [7, 11) is 4.59. The van der Waals surface area contributed by atoms with E-state index in [1.54, 1.807) is 19.0 Å². The number of hydrogen-bond acceptors (Lipinski definition) is 5. The topological polar surface area (TPSA) is 101 Å². The van der Waals surface area contributed by atoms with Gasteiger partial charge in [-0.3, -0.25) is 19.5 Å². The maximum atomic E-state index is 11.6. The summed E-state index contributed by atoms with van der Waals surface area (Å²) in [6, 6.07) is 0. The lowest BCUT2D eigenvalue weighted by molar-refractivity contribution is -0.387. The van der Waals surface area contributed by atoms with Crippen LogP contribution in [-0.4, -0.2) is 33.5 Å². The minimum absolute atomic E-state index is 0.114. The van der Waals surface area contributed by atoms with Gasteiger partial charge in [0.15, 0.2) is 0 Å². The molecule has 0 fully saturated rings. The van der Waals surface area contributed by atoms with Gasteiger partial charge < -0.3 is 9.88 Å². The van der Waals surface area contributed by atoms with Gasteiger partial charge in [-0.2, -0.15) is 0 Å². The van der Waals surface area contributed by atoms with Crippen LogP contribution in [0.15, 0.2) is 15.8 Å². The molecular formula is C9H12N4O4. The highest BCUT2D eigenvalue weighted by atomic mass is 16.6. The zero-order valence-corrected chi connectivity index (χ0v) is 9.63. The van der Waals surface area contributed by atoms with Crippen LogP contribution in [0.3, 0.4) is 0 Å². The van der Waals surface area contributed by atoms with Crippen molar-refractivity contribution in [3.63, 3.8) is 0 Å². The summed E-state index contributed by atoms with van der Waals surface area (Å²) in [5.74, 6) is 0. The number of aromatic nitrogens is 2. The molecule has 0 atom stereocenters. The van der Waals surface area contributed by atoms with E-state index >= 15 is 0 Å². The average Bonchev–Trinajstić information content (AvgIpc) is 2.22. The highest BCUT2D eigenvalue weighted by Gasteiger charge is 2.20. The molecule has 8 heteroatoms. The van der Waals surface area contributed by atoms with E-state index in [2.05, 4.69) is 4.98 Å². The first-order valence-corrected chi connectivity index (χ1v) is 4.67. The van der Waals surface area contributed by atoms with Gasteiger partial charge in [-0.25, -0.2) is 4.79 Å². The molecule has 0 aliphatic carbocycles. The third-order valence-electron chi connectivity index (χ3n) is 2.03. The lowest BCUT2D eigenvalue weighted by atomic mass is 10.3. The molecule has 0 bridgehead atoms. The molecule has 0 amide bonds. The van der Waals surface area contributed by atoms with Crippen LogP contribution in [0.25, 0.3) is 6.08 Å². The normalized spacial score (nSPS) is 10.8. The van der Waals surface area contributed by atoms with Crippen LogP contribution in [0.4, 0.5) is 5.69 Å². The van der Waals surface area contributed by atoms with Crippen molar-refractivity contribution in [3.8, 4) is 0 Å². The summed E-state index contributed by atoms with van der Waals surface area (Å²) in [5.41, 5.74) is -2.39. The van der Waals surface area contributed by atoms with Gasteiger partial charge in [-0.15, -0.1) is 0 Å². The summed E-state index contributed by atoms with van der Waals surface area (Å²) in [4.78, 5) is 36.7. The first-order chi connectivity index (χ1) is 7.84. The van der Waals surface area contributed by atoms with E-state index in [-0.39, 0.29) is 5.69 Å². The van der Waals surface area contributed by atoms with E-state index in [1.807, 2.05) is 0 Å². The number of nitrogens with one attached hydrogen (secondary N) is 1. The molecule has 0 saturated heterocycles. The number of hydrogen-bond donors (Lipinski definition) is 1. The van der Waals surface area contributed by atoms with Crippen LogP contribution in [0.5, 0.6) is 0 Å². The quantitative estimate of drug-likeness (QED) is 0.567. The van der Waals surface area contributed by atoms with Crippen molar-refractivity contribution < 1.29 is 4.92 Å². The molecule has 0 aliphatic heterocycles. The van der Waals surface area contributed by atoms with Gasteiger partial charge in [-0.05, 0) is 6.08 Å². The Hall–Kier alpha value is -2.38. The largest absolute Gasteiger partial charge is 0.383 e. The summed E-state index contributed by atoms with van der Waals surface area (Å²) in [6.45, 7) is 0. The third kappa shape index (κ3) is 2.60. The van der Waals surface area contributed by atoms with Crippen molar-refractivity contribution in [2.75, 3.05) is 14.1 Å². The fourth-order valence-electron chi connectivity index (χ4n) is 1.15. The Morgan fingerprint density at radius 2 is 2.00 bits per heavy atom. The van der Waals surface area contributed by atoms with E-state index in [4.69, 9.17) is 0 Å². The standard InChI is InChI=1S/C9H12N4O4/c1-11(2)5-4-6-7(13(16)17)8(14)12(3)9(15)10-6/h4-5H,1-3H3,(H,10,15)/b5-4+. The Balaban J connectivity index is 3.55. The molecule has 92 valence electrons. The van der Waals surface area contributed by atoms with Crippen molar-refractivity contribution in [3.05, 3.63) is 42.8 Å². The zero-order valence-electron chi connectivity index (χ0n) is 9.63. The summed E-state index contributed by atoms with van der Waals surface area (Å²) < 4.78 is 0.658. The molecule has 17 heavy (non-hydrogen) atoms. The molecule has 0 aromatic carbocycles. The second kappa shape index (κ2) is 4.64. The Labute approximate surface area is 96.0 Å². The second-order valence-electron chi connectivity index (χ2n) is 3.59. The van der Waals surface area contributed by atoms with Gasteiger partial charge in [0.05, 0.1) is 4.92 Å². The molecule has 0 spiro atoms. The first-order valence-electron chi connectivity index (χ1n) is 4.67. The molecular weight excluding hydrogens is 228 g/mol. The lowest BCUT2D eigenvalue weighted by Crippen LogP contribution is -2.34. The van der Waals surface area contributed by atoms with Crippen molar-refractivity contribution in [2.24, 2.45) is 7.05 Å². The third-order valence-corrected chi connectivity index (χ3v) is 2.03. The lowest BCUT2D eigenvalue weighted by Gasteiger charge is -2.04. The van der Waals surface area contributed by atoms with Crippen LogP contribution in [0.2, 0.25) is 0 Å². The maximum absolute atomic E-state index is 11.6. The highest BCUT2D eigenvalue weighted by molar-refractivity contribution is 5.55. The number of H-pyrrole nitrogens is 1. The minimum atomic E-state index is -0.933. The Kier molecular flexibility index (Phi) is 3.46. The van der Waals surface area contributed by atoms with Crippen molar-refractivity contribution >= 4 is 11.8 Å². The second-order valence-corrected chi connectivity index (χ2v) is 3.59. The molecule has 1 heterocycles. The van der Waals surface area contributed by atoms with E-state index < -0.39 is 21.9 Å². The molecule has 8 nitrogen and oxygen atoms in total. The van der Waals surface area contributed by atoms with Crippen LogP contribution in [0, 0.1) is 10.1 Å². The average molecular weight is 240 g/mol. The summed E-state index contributed by atoms with van der Waals surface area (Å²) in [6.07, 6.45) is 2.80. The fourth-order valence-corrected chi connectivity index (χ4v) is 1.15. The number of nitrogens with zero attached hydrogens (tertiary/aromatic N) is 3. The molecule has 0 aliphatic rings.